The van der Waals surface area contributed by atoms with Crippen LogP contribution in [0.25, 0.3) is 27.5 Å². The van der Waals surface area contributed by atoms with Crippen molar-refractivity contribution in [3.63, 3.8) is 0 Å². The summed E-state index contributed by atoms with van der Waals surface area (Å²) in [5, 5.41) is 30.6. The lowest BCUT2D eigenvalue weighted by atomic mass is 10.0. The number of benzene rings is 1. The number of nitrogens with one attached hydrogen (secondary N) is 2. The van der Waals surface area contributed by atoms with Crippen molar-refractivity contribution >= 4 is 51.3 Å². The summed E-state index contributed by atoms with van der Waals surface area (Å²) in [6.07, 6.45) is 6.02. The summed E-state index contributed by atoms with van der Waals surface area (Å²) in [7, 11) is 0. The summed E-state index contributed by atoms with van der Waals surface area (Å²) in [5.41, 5.74) is 6.92. The zero-order valence-corrected chi connectivity index (χ0v) is 33.7. The molecule has 17 heteroatoms. The molecule has 4 aliphatic rings. The standard InChI is InChI=1S/C42H44N12O4S/c1-25(2)46-33-20-34(35-6-4-30-18-27(21-43)22-45-54(30)35)44-23-32(33)40-48-49-42(59-40)52-15-13-50(14-16-52)29-9-11-51(12-10-29)38(56)19-26-3-5-31-28(17-26)24-53(41(31)58)36-7-8-37(55)47-39(36)57/h3-6,17-18,20,22-23,25,29,36H,7-16,19,24H2,1-2H3,(H,44,46)(H,47,55,57). The first-order chi connectivity index (χ1) is 28.6. The van der Waals surface area contributed by atoms with E-state index in [1.54, 1.807) is 34.2 Å². The summed E-state index contributed by atoms with van der Waals surface area (Å²) in [5.74, 6) is -0.878. The van der Waals surface area contributed by atoms with Gasteiger partial charge in [0.15, 0.2) is 5.01 Å². The van der Waals surface area contributed by atoms with Crippen molar-refractivity contribution in [3.05, 3.63) is 77.1 Å². The quantitative estimate of drug-likeness (QED) is 0.206. The van der Waals surface area contributed by atoms with E-state index in [1.807, 2.05) is 41.4 Å². The maximum absolute atomic E-state index is 13.4. The molecule has 1 atom stereocenters. The van der Waals surface area contributed by atoms with Crippen LogP contribution in [0.2, 0.25) is 0 Å². The average Bonchev–Trinajstić information content (AvgIpc) is 3.98. The van der Waals surface area contributed by atoms with Gasteiger partial charge in [-0.3, -0.25) is 34.4 Å². The van der Waals surface area contributed by atoms with Gasteiger partial charge in [0.1, 0.15) is 12.1 Å². The Morgan fingerprint density at radius 2 is 1.78 bits per heavy atom. The normalized spacial score (nSPS) is 19.1. The molecule has 1 unspecified atom stereocenters. The van der Waals surface area contributed by atoms with Gasteiger partial charge in [-0.1, -0.05) is 23.5 Å². The molecule has 59 heavy (non-hydrogen) atoms. The van der Waals surface area contributed by atoms with Crippen molar-refractivity contribution in [2.24, 2.45) is 0 Å². The van der Waals surface area contributed by atoms with Crippen LogP contribution in [-0.2, 0) is 27.3 Å². The molecule has 3 saturated heterocycles. The summed E-state index contributed by atoms with van der Waals surface area (Å²) in [6, 6.07) is 15.3. The van der Waals surface area contributed by atoms with Gasteiger partial charge in [0.05, 0.1) is 40.6 Å². The molecule has 8 heterocycles. The van der Waals surface area contributed by atoms with Crippen LogP contribution >= 0.6 is 11.3 Å². The minimum atomic E-state index is -0.661. The summed E-state index contributed by atoms with van der Waals surface area (Å²) >= 11 is 1.56. The number of piperazine rings is 1. The fraction of sp³-hybridized carbons (Fsp3) is 0.405. The van der Waals surface area contributed by atoms with Crippen LogP contribution in [0, 0.1) is 11.3 Å². The number of likely N-dealkylation sites (tertiary alicyclic amines) is 1. The Bertz CT molecular complexity index is 2510. The molecular formula is C42H44N12O4S. The molecule has 9 rings (SSSR count). The van der Waals surface area contributed by atoms with Gasteiger partial charge in [-0.25, -0.2) is 4.52 Å². The van der Waals surface area contributed by atoms with E-state index in [1.165, 1.54) is 4.90 Å². The fourth-order valence-corrected chi connectivity index (χ4v) is 9.61. The van der Waals surface area contributed by atoms with E-state index < -0.39 is 11.9 Å². The van der Waals surface area contributed by atoms with E-state index in [2.05, 4.69) is 55.6 Å². The van der Waals surface area contributed by atoms with E-state index >= 15 is 0 Å². The van der Waals surface area contributed by atoms with Crippen LogP contribution in [0.3, 0.4) is 0 Å². The van der Waals surface area contributed by atoms with Crippen LogP contribution in [0.1, 0.15) is 66.6 Å². The molecule has 0 radical (unpaired) electrons. The van der Waals surface area contributed by atoms with Gasteiger partial charge in [-0.15, -0.1) is 10.2 Å². The first kappa shape index (κ1) is 38.3. The number of nitriles is 1. The molecule has 3 fully saturated rings. The lowest BCUT2D eigenvalue weighted by Crippen LogP contribution is -2.54. The highest BCUT2D eigenvalue weighted by Crippen LogP contribution is 2.36. The second kappa shape index (κ2) is 15.8. The van der Waals surface area contributed by atoms with Crippen molar-refractivity contribution in [1.29, 1.82) is 5.26 Å². The van der Waals surface area contributed by atoms with Crippen LogP contribution < -0.4 is 15.5 Å². The highest BCUT2D eigenvalue weighted by atomic mass is 32.1. The van der Waals surface area contributed by atoms with Crippen molar-refractivity contribution in [2.45, 2.75) is 70.6 Å². The molecule has 4 amide bonds. The molecule has 0 bridgehead atoms. The maximum atomic E-state index is 13.4. The summed E-state index contributed by atoms with van der Waals surface area (Å²) in [4.78, 5) is 63.7. The topological polar surface area (TPSA) is 185 Å². The number of nitrogens with zero attached hydrogens (tertiary/aromatic N) is 10. The van der Waals surface area contributed by atoms with Gasteiger partial charge in [0.25, 0.3) is 5.91 Å². The Balaban J connectivity index is 0.780. The summed E-state index contributed by atoms with van der Waals surface area (Å²) in [6.45, 7) is 9.38. The SMILES string of the molecule is CC(C)Nc1cc(-c2ccc3cc(C#N)cnn23)ncc1-c1nnc(N2CCN(C3CCN(C(=O)Cc4ccc5c(c4)CN(C4CCC(=O)NC4=O)C5=O)CC3)CC2)s1. The highest BCUT2D eigenvalue weighted by Gasteiger charge is 2.39. The highest BCUT2D eigenvalue weighted by molar-refractivity contribution is 7.18. The Hall–Kier alpha value is -6.25. The molecule has 0 aliphatic carbocycles. The van der Waals surface area contributed by atoms with Crippen molar-refractivity contribution < 1.29 is 19.2 Å². The number of carbonyl (C=O) groups is 4. The van der Waals surface area contributed by atoms with Crippen molar-refractivity contribution in [3.8, 4) is 28.0 Å². The van der Waals surface area contributed by atoms with Gasteiger partial charge in [-0.05, 0) is 74.6 Å². The van der Waals surface area contributed by atoms with Crippen LogP contribution in [0.15, 0.2) is 54.9 Å². The third-order valence-corrected chi connectivity index (χ3v) is 12.8. The zero-order valence-electron chi connectivity index (χ0n) is 32.9. The van der Waals surface area contributed by atoms with Crippen LogP contribution in [0.5, 0.6) is 0 Å². The number of hydrogen-bond acceptors (Lipinski definition) is 13. The monoisotopic (exact) mass is 812 g/mol. The third-order valence-electron chi connectivity index (χ3n) is 11.7. The van der Waals surface area contributed by atoms with Crippen LogP contribution in [-0.4, -0.2) is 121 Å². The predicted octanol–water partition coefficient (Wildman–Crippen LogP) is 3.72. The number of imide groups is 1. The molecule has 0 spiro atoms. The first-order valence-corrected chi connectivity index (χ1v) is 21.0. The molecule has 5 aromatic rings. The van der Waals surface area contributed by atoms with E-state index in [-0.39, 0.29) is 36.6 Å². The Morgan fingerprint density at radius 3 is 2.54 bits per heavy atom. The molecule has 16 nitrogen and oxygen atoms in total. The first-order valence-electron chi connectivity index (χ1n) is 20.1. The number of rotatable bonds is 9. The van der Waals surface area contributed by atoms with Gasteiger partial charge < -0.3 is 20.0 Å². The van der Waals surface area contributed by atoms with Crippen molar-refractivity contribution in [2.75, 3.05) is 49.5 Å². The lowest BCUT2D eigenvalue weighted by Gasteiger charge is -2.42. The second-order valence-corrected chi connectivity index (χ2v) is 16.9. The Morgan fingerprint density at radius 1 is 0.966 bits per heavy atom. The number of carbonyl (C=O) groups excluding carboxylic acids is 4. The van der Waals surface area contributed by atoms with E-state index in [0.717, 1.165) is 88.4 Å². The molecular weight excluding hydrogens is 769 g/mol. The molecule has 0 saturated carbocycles. The van der Waals surface area contributed by atoms with Gasteiger partial charge in [-0.2, -0.15) is 10.4 Å². The number of piperidine rings is 2. The smallest absolute Gasteiger partial charge is 0.255 e. The summed E-state index contributed by atoms with van der Waals surface area (Å²) < 4.78 is 1.79. The predicted molar refractivity (Wildman–Crippen MR) is 220 cm³/mol. The molecule has 2 N–H and O–H groups in total. The molecule has 1 aromatic carbocycles. The largest absolute Gasteiger partial charge is 0.382 e. The fourth-order valence-electron chi connectivity index (χ4n) is 8.69. The number of amides is 4. The average molecular weight is 813 g/mol. The number of fused-ring (bicyclic) bond motifs is 2. The second-order valence-electron chi connectivity index (χ2n) is 15.9. The minimum Gasteiger partial charge on any atom is -0.382 e. The third kappa shape index (κ3) is 7.61. The van der Waals surface area contributed by atoms with Gasteiger partial charge in [0, 0.05) is 81.8 Å². The Labute approximate surface area is 344 Å². The maximum Gasteiger partial charge on any atom is 0.255 e. The number of pyridine rings is 1. The van der Waals surface area contributed by atoms with E-state index in [0.29, 0.717) is 43.2 Å². The van der Waals surface area contributed by atoms with Gasteiger partial charge in [0.2, 0.25) is 22.9 Å². The van der Waals surface area contributed by atoms with Gasteiger partial charge >= 0.3 is 0 Å². The number of hydrogen-bond donors (Lipinski definition) is 2. The molecule has 302 valence electrons. The van der Waals surface area contributed by atoms with Crippen molar-refractivity contribution in [1.82, 2.24) is 44.8 Å². The number of anilines is 2. The zero-order chi connectivity index (χ0) is 40.8. The van der Waals surface area contributed by atoms with Crippen LogP contribution in [0.4, 0.5) is 10.8 Å². The number of aromatic nitrogens is 5. The molecule has 4 aromatic heterocycles. The Kier molecular flexibility index (Phi) is 10.3. The minimum absolute atomic E-state index is 0.0775. The van der Waals surface area contributed by atoms with E-state index in [9.17, 15) is 24.4 Å². The van der Waals surface area contributed by atoms with E-state index in [4.69, 9.17) is 4.98 Å². The lowest BCUT2D eigenvalue weighted by molar-refractivity contribution is -0.137. The molecule has 4 aliphatic heterocycles.